The average molecular weight is 395 g/mol. The number of rotatable bonds is 4. The number of phenols is 1. The van der Waals surface area contributed by atoms with E-state index in [0.29, 0.717) is 17.1 Å². The number of halogens is 1. The summed E-state index contributed by atoms with van der Waals surface area (Å²) < 4.78 is 22.5. The highest BCUT2D eigenvalue weighted by molar-refractivity contribution is 5.68. The highest BCUT2D eigenvalue weighted by Gasteiger charge is 2.48. The number of benzene rings is 1. The molecule has 2 bridgehead atoms. The molecule has 6 rings (SSSR count). The lowest BCUT2D eigenvalue weighted by Gasteiger charge is -2.49. The van der Waals surface area contributed by atoms with E-state index in [2.05, 4.69) is 20.1 Å². The second-order valence-electron chi connectivity index (χ2n) is 7.80. The first kappa shape index (κ1) is 18.1. The standard InChI is InChI=1S/C21H22FN5O2/c1-26-11-13-2-6-17(26)20(22)21(13)29-19-7-5-16(24-25-19)15-4-3-14(10-18(15)28)27-9-8-23-12-27/h3-5,7-10,12-13,17,20-21,28H,2,6,11H2,1H3/t13?,17?,20-,21+/m1/s1. The minimum absolute atomic E-state index is 0.0804. The normalized spacial score (nSPS) is 26.6. The van der Waals surface area contributed by atoms with Crippen LogP contribution in [0.3, 0.4) is 0 Å². The third-order valence-corrected chi connectivity index (χ3v) is 6.02. The molecule has 3 aliphatic rings. The van der Waals surface area contributed by atoms with E-state index in [1.54, 1.807) is 47.6 Å². The van der Waals surface area contributed by atoms with Crippen LogP contribution in [-0.4, -0.2) is 61.7 Å². The quantitative estimate of drug-likeness (QED) is 0.732. The molecule has 8 heteroatoms. The van der Waals surface area contributed by atoms with Gasteiger partial charge >= 0.3 is 0 Å². The summed E-state index contributed by atoms with van der Waals surface area (Å²) in [6.45, 7) is 0.846. The van der Waals surface area contributed by atoms with Crippen molar-refractivity contribution < 1.29 is 14.2 Å². The van der Waals surface area contributed by atoms with Crippen LogP contribution in [-0.2, 0) is 0 Å². The molecular weight excluding hydrogens is 373 g/mol. The lowest BCUT2D eigenvalue weighted by Crippen LogP contribution is -2.61. The molecule has 0 amide bonds. The van der Waals surface area contributed by atoms with Crippen LogP contribution >= 0.6 is 0 Å². The minimum Gasteiger partial charge on any atom is -0.507 e. The van der Waals surface area contributed by atoms with Gasteiger partial charge in [0.05, 0.1) is 17.7 Å². The maximum Gasteiger partial charge on any atom is 0.233 e. The van der Waals surface area contributed by atoms with E-state index in [1.165, 1.54) is 0 Å². The third kappa shape index (κ3) is 3.23. The van der Waals surface area contributed by atoms with Crippen LogP contribution in [0.15, 0.2) is 49.1 Å². The Morgan fingerprint density at radius 2 is 2.07 bits per heavy atom. The molecule has 2 unspecified atom stereocenters. The van der Waals surface area contributed by atoms with Crippen molar-refractivity contribution >= 4 is 0 Å². The van der Waals surface area contributed by atoms with Gasteiger partial charge in [-0.25, -0.2) is 9.37 Å². The summed E-state index contributed by atoms with van der Waals surface area (Å²) in [5.74, 6) is 0.572. The van der Waals surface area contributed by atoms with Gasteiger partial charge in [-0.15, -0.1) is 10.2 Å². The average Bonchev–Trinajstić information content (AvgIpc) is 3.26. The van der Waals surface area contributed by atoms with Gasteiger partial charge in [0.1, 0.15) is 11.9 Å². The molecular formula is C21H22FN5O2. The number of hydrogen-bond donors (Lipinski definition) is 1. The topological polar surface area (TPSA) is 76.3 Å². The summed E-state index contributed by atoms with van der Waals surface area (Å²) >= 11 is 0. The fourth-order valence-corrected chi connectivity index (χ4v) is 4.49. The highest BCUT2D eigenvalue weighted by atomic mass is 19.1. The molecule has 7 nitrogen and oxygen atoms in total. The van der Waals surface area contributed by atoms with Crippen molar-refractivity contribution in [2.45, 2.75) is 31.2 Å². The van der Waals surface area contributed by atoms with Crippen LogP contribution in [0.2, 0.25) is 0 Å². The first-order valence-corrected chi connectivity index (χ1v) is 9.76. The van der Waals surface area contributed by atoms with Gasteiger partial charge in [0, 0.05) is 48.6 Å². The van der Waals surface area contributed by atoms with E-state index >= 15 is 0 Å². The van der Waals surface area contributed by atoms with Crippen molar-refractivity contribution in [1.82, 2.24) is 24.6 Å². The molecule has 2 aromatic heterocycles. The minimum atomic E-state index is -1.02. The highest BCUT2D eigenvalue weighted by Crippen LogP contribution is 2.38. The van der Waals surface area contributed by atoms with Crippen LogP contribution in [0.25, 0.3) is 16.9 Å². The molecule has 0 spiro atoms. The van der Waals surface area contributed by atoms with Crippen LogP contribution < -0.4 is 4.74 Å². The smallest absolute Gasteiger partial charge is 0.233 e. The Balaban J connectivity index is 1.33. The zero-order chi connectivity index (χ0) is 20.0. The predicted octanol–water partition coefficient (Wildman–Crippen LogP) is 2.84. The fourth-order valence-electron chi connectivity index (χ4n) is 4.49. The van der Waals surface area contributed by atoms with Gasteiger partial charge in [0.15, 0.2) is 6.17 Å². The molecule has 1 aliphatic carbocycles. The van der Waals surface area contributed by atoms with Crippen molar-refractivity contribution in [2.75, 3.05) is 13.6 Å². The second-order valence-corrected chi connectivity index (χ2v) is 7.80. The first-order valence-electron chi connectivity index (χ1n) is 9.76. The third-order valence-electron chi connectivity index (χ3n) is 6.02. The number of phenolic OH excluding ortho intramolecular Hbond substituents is 1. The molecule has 2 aliphatic heterocycles. The van der Waals surface area contributed by atoms with Gasteiger partial charge in [-0.1, -0.05) is 0 Å². The van der Waals surface area contributed by atoms with Crippen LogP contribution in [0.1, 0.15) is 12.8 Å². The molecule has 0 radical (unpaired) electrons. The van der Waals surface area contributed by atoms with Crippen LogP contribution in [0.5, 0.6) is 11.6 Å². The number of aromatic hydroxyl groups is 1. The lowest BCUT2D eigenvalue weighted by atomic mass is 9.76. The Labute approximate surface area is 167 Å². The fraction of sp³-hybridized carbons (Fsp3) is 0.381. The zero-order valence-electron chi connectivity index (χ0n) is 16.0. The monoisotopic (exact) mass is 395 g/mol. The van der Waals surface area contributed by atoms with Crippen molar-refractivity contribution in [1.29, 1.82) is 0 Å². The Morgan fingerprint density at radius 3 is 2.72 bits per heavy atom. The zero-order valence-corrected chi connectivity index (χ0v) is 16.0. The summed E-state index contributed by atoms with van der Waals surface area (Å²) in [7, 11) is 1.97. The summed E-state index contributed by atoms with van der Waals surface area (Å²) in [5, 5.41) is 18.7. The molecule has 1 saturated carbocycles. The molecule has 1 aromatic carbocycles. The number of nitrogens with zero attached hydrogens (tertiary/aromatic N) is 5. The summed E-state index contributed by atoms with van der Waals surface area (Å²) in [6.07, 6.45) is 5.49. The number of fused-ring (bicyclic) bond motifs is 3. The number of piperidine rings is 2. The number of alkyl halides is 1. The van der Waals surface area contributed by atoms with Gasteiger partial charge in [0.2, 0.25) is 5.88 Å². The van der Waals surface area contributed by atoms with Gasteiger partial charge in [0.25, 0.3) is 0 Å². The number of imidazole rings is 1. The van der Waals surface area contributed by atoms with E-state index in [1.807, 2.05) is 13.1 Å². The number of ether oxygens (including phenoxy) is 1. The largest absolute Gasteiger partial charge is 0.507 e. The van der Waals surface area contributed by atoms with Gasteiger partial charge in [-0.3, -0.25) is 4.90 Å². The van der Waals surface area contributed by atoms with Crippen LogP contribution in [0.4, 0.5) is 4.39 Å². The van der Waals surface area contributed by atoms with Gasteiger partial charge in [-0.05, 0) is 38.1 Å². The van der Waals surface area contributed by atoms with E-state index in [-0.39, 0.29) is 17.7 Å². The van der Waals surface area contributed by atoms with Crippen molar-refractivity contribution in [3.8, 4) is 28.6 Å². The molecule has 29 heavy (non-hydrogen) atoms. The maximum absolute atomic E-state index is 14.8. The summed E-state index contributed by atoms with van der Waals surface area (Å²) in [4.78, 5) is 6.09. The van der Waals surface area contributed by atoms with Gasteiger partial charge < -0.3 is 14.4 Å². The van der Waals surface area contributed by atoms with Crippen molar-refractivity contribution in [3.63, 3.8) is 0 Å². The SMILES string of the molecule is CN1CC2CCC1[C@@H](F)[C@H]2Oc1ccc(-c2ccc(-n3ccnc3)cc2O)nn1. The molecule has 2 saturated heterocycles. The first-order chi connectivity index (χ1) is 14.1. The molecule has 3 aromatic rings. The molecule has 1 N–H and O–H groups in total. The second kappa shape index (κ2) is 7.11. The summed E-state index contributed by atoms with van der Waals surface area (Å²) in [5.41, 5.74) is 1.88. The Hall–Kier alpha value is -3.00. The number of hydrogen-bond acceptors (Lipinski definition) is 6. The Bertz CT molecular complexity index is 993. The van der Waals surface area contributed by atoms with Crippen LogP contribution in [0, 0.1) is 5.92 Å². The Morgan fingerprint density at radius 1 is 1.17 bits per heavy atom. The molecule has 4 atom stereocenters. The maximum atomic E-state index is 14.8. The van der Waals surface area contributed by atoms with Gasteiger partial charge in [-0.2, -0.15) is 0 Å². The Kier molecular flexibility index (Phi) is 4.43. The van der Waals surface area contributed by atoms with E-state index < -0.39 is 12.3 Å². The lowest BCUT2D eigenvalue weighted by molar-refractivity contribution is -0.0891. The van der Waals surface area contributed by atoms with E-state index in [4.69, 9.17) is 4.74 Å². The van der Waals surface area contributed by atoms with Crippen molar-refractivity contribution in [2.24, 2.45) is 5.92 Å². The predicted molar refractivity (Wildman–Crippen MR) is 105 cm³/mol. The van der Waals surface area contributed by atoms with Crippen molar-refractivity contribution in [3.05, 3.63) is 49.1 Å². The molecule has 3 fully saturated rings. The molecule has 4 heterocycles. The van der Waals surface area contributed by atoms with E-state index in [9.17, 15) is 9.50 Å². The molecule has 150 valence electrons. The van der Waals surface area contributed by atoms with E-state index in [0.717, 1.165) is 25.1 Å². The number of aromatic nitrogens is 4. The summed E-state index contributed by atoms with van der Waals surface area (Å²) in [6, 6.07) is 8.63.